The fourth-order valence-electron chi connectivity index (χ4n) is 6.97. The zero-order chi connectivity index (χ0) is 40.8. The number of unbranched alkanes of at least 4 members (excludes halogenated alkanes) is 1. The molecular formula is C49H50BBrF3LiNO3. The summed E-state index contributed by atoms with van der Waals surface area (Å²) in [6, 6.07) is 41.0. The van der Waals surface area contributed by atoms with E-state index in [1.54, 1.807) is 31.4 Å². The molecule has 0 unspecified atom stereocenters. The number of rotatable bonds is 10. The molecule has 1 fully saturated rings. The predicted octanol–water partition coefficient (Wildman–Crippen LogP) is 8.58. The van der Waals surface area contributed by atoms with Gasteiger partial charge in [0.05, 0.1) is 6.61 Å². The van der Waals surface area contributed by atoms with Gasteiger partial charge in [-0.15, -0.1) is 29.8 Å². The van der Waals surface area contributed by atoms with Crippen molar-refractivity contribution in [1.82, 2.24) is 5.32 Å². The molecule has 1 aliphatic heterocycles. The summed E-state index contributed by atoms with van der Waals surface area (Å²) in [5.74, 6) is -0.754. The number of hydrogen-bond donors (Lipinski definition) is 2. The van der Waals surface area contributed by atoms with Gasteiger partial charge in [0.2, 0.25) is 0 Å². The number of nitrogens with one attached hydrogen (secondary N) is 1. The molecule has 1 heterocycles. The fraction of sp³-hybridized carbons (Fsp3) is 0.265. The molecule has 0 aliphatic carbocycles. The fourth-order valence-corrected chi connectivity index (χ4v) is 7.54. The second-order valence-electron chi connectivity index (χ2n) is 14.2. The van der Waals surface area contributed by atoms with E-state index in [-0.39, 0.29) is 44.7 Å². The third-order valence-corrected chi connectivity index (χ3v) is 10.4. The number of methoxy groups -OCH3 is 1. The van der Waals surface area contributed by atoms with Crippen molar-refractivity contribution in [3.63, 3.8) is 0 Å². The molecule has 10 heteroatoms. The van der Waals surface area contributed by atoms with Crippen molar-refractivity contribution in [3.8, 4) is 33.4 Å². The molecule has 0 amide bonds. The van der Waals surface area contributed by atoms with E-state index in [1.807, 2.05) is 106 Å². The minimum atomic E-state index is -1.29. The van der Waals surface area contributed by atoms with Crippen LogP contribution in [0, 0.1) is 44.3 Å². The minimum absolute atomic E-state index is 0. The molecule has 0 saturated carbocycles. The molecule has 6 aromatic carbocycles. The van der Waals surface area contributed by atoms with Gasteiger partial charge in [-0.1, -0.05) is 129 Å². The molecule has 7 rings (SSSR count). The van der Waals surface area contributed by atoms with Crippen molar-refractivity contribution in [1.29, 1.82) is 0 Å². The van der Waals surface area contributed by atoms with Gasteiger partial charge in [-0.3, -0.25) is 4.39 Å². The van der Waals surface area contributed by atoms with Crippen LogP contribution < -0.4 is 24.2 Å². The second-order valence-corrected chi connectivity index (χ2v) is 15.1. The Morgan fingerprint density at radius 2 is 1.29 bits per heavy atom. The molecule has 3 radical (unpaired) electrons. The van der Waals surface area contributed by atoms with E-state index in [2.05, 4.69) is 27.3 Å². The quantitative estimate of drug-likeness (QED) is 0.0825. The van der Waals surface area contributed by atoms with Crippen LogP contribution in [0.2, 0.25) is 0 Å². The van der Waals surface area contributed by atoms with Crippen LogP contribution in [-0.2, 0) is 15.1 Å². The Kier molecular flexibility index (Phi) is 20.4. The molecule has 1 aliphatic rings. The molecule has 2 atom stereocenters. The Bertz CT molecular complexity index is 2200. The van der Waals surface area contributed by atoms with Crippen LogP contribution in [0.25, 0.3) is 33.4 Å². The Hall–Kier alpha value is -3.91. The number of ether oxygens (including phenoxy) is 2. The van der Waals surface area contributed by atoms with Crippen LogP contribution in [0.5, 0.6) is 0 Å². The summed E-state index contributed by atoms with van der Waals surface area (Å²) in [5.41, 5.74) is 6.77. The summed E-state index contributed by atoms with van der Waals surface area (Å²) in [5, 5.41) is 15.2. The van der Waals surface area contributed by atoms with Crippen LogP contribution in [0.4, 0.5) is 13.2 Å². The van der Waals surface area contributed by atoms with Gasteiger partial charge < -0.3 is 19.9 Å². The van der Waals surface area contributed by atoms with Gasteiger partial charge in [-0.2, -0.15) is 0 Å². The van der Waals surface area contributed by atoms with Crippen LogP contribution in [-0.4, -0.2) is 53.0 Å². The maximum Gasteiger partial charge on any atom is 1.00 e. The van der Waals surface area contributed by atoms with E-state index in [0.717, 1.165) is 57.2 Å². The Balaban J connectivity index is 0.000000254. The normalized spacial score (nSPS) is 14.2. The molecule has 4 nitrogen and oxygen atoms in total. The number of benzene rings is 6. The smallest absolute Gasteiger partial charge is 0.385 e. The van der Waals surface area contributed by atoms with Crippen molar-refractivity contribution in [2.45, 2.75) is 51.7 Å². The van der Waals surface area contributed by atoms with Crippen molar-refractivity contribution in [3.05, 3.63) is 178 Å². The predicted molar refractivity (Wildman–Crippen MR) is 234 cm³/mol. The third kappa shape index (κ3) is 13.5. The minimum Gasteiger partial charge on any atom is -0.385 e. The van der Waals surface area contributed by atoms with E-state index in [4.69, 9.17) is 9.47 Å². The average Bonchev–Trinajstić information content (AvgIpc) is 3.20. The number of halogens is 4. The maximum absolute atomic E-state index is 15.0. The Labute approximate surface area is 370 Å². The second kappa shape index (κ2) is 24.4. The SMILES string of the molecule is COCCCC[C@@](O)(c1cccc(F)c1-c1cccc(C)c1)[C@H]1CNCCO1.Cc1cccc(-c2[c-]cccc2F)c1.Cc1cccc(-c2c(F)cccc2Br)c1.[B].[Li+]. The van der Waals surface area contributed by atoms with Crippen LogP contribution >= 0.6 is 15.9 Å². The Morgan fingerprint density at radius 1 is 0.746 bits per heavy atom. The summed E-state index contributed by atoms with van der Waals surface area (Å²) in [7, 11) is 1.67. The van der Waals surface area contributed by atoms with Crippen molar-refractivity contribution < 1.29 is 46.6 Å². The molecule has 59 heavy (non-hydrogen) atoms. The molecule has 0 aromatic heterocycles. The van der Waals surface area contributed by atoms with Crippen LogP contribution in [0.15, 0.2) is 132 Å². The zero-order valence-corrected chi connectivity index (χ0v) is 36.1. The molecular weight excluding hydrogens is 805 g/mol. The summed E-state index contributed by atoms with van der Waals surface area (Å²) in [6.07, 6.45) is 1.63. The summed E-state index contributed by atoms with van der Waals surface area (Å²) in [6.45, 7) is 8.42. The molecule has 2 N–H and O–H groups in total. The first-order valence-electron chi connectivity index (χ1n) is 19.2. The third-order valence-electron chi connectivity index (χ3n) is 9.78. The monoisotopic (exact) mass is 854 g/mol. The molecule has 6 aromatic rings. The van der Waals surface area contributed by atoms with E-state index in [9.17, 15) is 13.9 Å². The van der Waals surface area contributed by atoms with E-state index in [1.165, 1.54) is 18.2 Å². The van der Waals surface area contributed by atoms with Gasteiger partial charge >= 0.3 is 18.9 Å². The van der Waals surface area contributed by atoms with Gasteiger partial charge in [0.1, 0.15) is 23.3 Å². The first-order valence-corrected chi connectivity index (χ1v) is 19.9. The maximum atomic E-state index is 15.0. The van der Waals surface area contributed by atoms with Crippen molar-refractivity contribution >= 4 is 24.3 Å². The first kappa shape index (κ1) is 49.5. The molecule has 0 spiro atoms. The molecule has 301 valence electrons. The molecule has 0 bridgehead atoms. The van der Waals surface area contributed by atoms with Gasteiger partial charge in [0.15, 0.2) is 0 Å². The first-order chi connectivity index (χ1) is 27.5. The standard InChI is InChI=1S/C23H30FNO3.C13H10BrF.C13H10F.B.Li/c1-17-7-5-8-18(15-17)22-19(9-6-10-20(22)24)23(26,11-3-4-13-27-2)21-16-25-12-14-28-21;1-9-4-2-5-10(8-9)13-11(14)6-3-7-12(13)15;1-10-5-4-6-11(9-10)12-7-2-3-8-13(12)14;;/h5-10,15,21,25-26H,3-4,11-14,16H2,1-2H3;2-8H,1H3;2-6,8-9H,1H3;;/q;;-1;;+1/t21-,23-;;;;/m1..../s1. The summed E-state index contributed by atoms with van der Waals surface area (Å²) in [4.78, 5) is 0. The van der Waals surface area contributed by atoms with Crippen LogP contribution in [0.1, 0.15) is 41.5 Å². The average molecular weight is 856 g/mol. The van der Waals surface area contributed by atoms with E-state index >= 15 is 4.39 Å². The van der Waals surface area contributed by atoms with E-state index < -0.39 is 11.7 Å². The van der Waals surface area contributed by atoms with Gasteiger partial charge in [0.25, 0.3) is 0 Å². The molecule has 1 saturated heterocycles. The Morgan fingerprint density at radius 3 is 1.85 bits per heavy atom. The van der Waals surface area contributed by atoms with Gasteiger partial charge in [0, 0.05) is 56.6 Å². The number of morpholine rings is 1. The zero-order valence-electron chi connectivity index (χ0n) is 34.5. The number of aryl methyl sites for hydroxylation is 3. The number of hydrogen-bond acceptors (Lipinski definition) is 4. The van der Waals surface area contributed by atoms with Gasteiger partial charge in [-0.25, -0.2) is 8.78 Å². The van der Waals surface area contributed by atoms with Crippen LogP contribution in [0.3, 0.4) is 0 Å². The topological polar surface area (TPSA) is 50.7 Å². The van der Waals surface area contributed by atoms with Crippen molar-refractivity contribution in [2.24, 2.45) is 0 Å². The van der Waals surface area contributed by atoms with Crippen molar-refractivity contribution in [2.75, 3.05) is 33.4 Å². The van der Waals surface area contributed by atoms with E-state index in [0.29, 0.717) is 48.4 Å². The largest absolute Gasteiger partial charge is 1.00 e. The number of aliphatic hydroxyl groups is 1. The summed E-state index contributed by atoms with van der Waals surface area (Å²) >= 11 is 3.37. The summed E-state index contributed by atoms with van der Waals surface area (Å²) < 4.78 is 53.9. The van der Waals surface area contributed by atoms with Gasteiger partial charge in [-0.05, 0) is 74.9 Å².